The largest absolute Gasteiger partial charge is 0.499 e. The van der Waals surface area contributed by atoms with Crippen molar-refractivity contribution >= 4 is 5.91 Å². The molecule has 1 heterocycles. The van der Waals surface area contributed by atoms with E-state index >= 15 is 0 Å². The number of carbonyl (C=O) groups excluding carboxylic acids is 1. The molecule has 4 rings (SSSR count). The van der Waals surface area contributed by atoms with Gasteiger partial charge in [0.2, 0.25) is 0 Å². The molecule has 0 fully saturated rings. The number of aryl methyl sites for hydroxylation is 1. The van der Waals surface area contributed by atoms with Crippen LogP contribution in [-0.2, 0) is 25.2 Å². The molecule has 1 N–H and O–H groups in total. The number of rotatable bonds is 8. The van der Waals surface area contributed by atoms with E-state index in [9.17, 15) is 48.7 Å². The summed E-state index contributed by atoms with van der Waals surface area (Å²) in [5, 5.41) is 13.9. The highest BCUT2D eigenvalue weighted by Gasteiger charge is 2.61. The summed E-state index contributed by atoms with van der Waals surface area (Å²) in [5.41, 5.74) is -4.86. The molecular formula is C26H17F10N5O2. The Morgan fingerprint density at radius 1 is 0.884 bits per heavy atom. The monoisotopic (exact) mass is 621 g/mol. The van der Waals surface area contributed by atoms with E-state index in [0.717, 1.165) is 47.3 Å². The van der Waals surface area contributed by atoms with Crippen molar-refractivity contribution in [2.24, 2.45) is 7.05 Å². The maximum Gasteiger partial charge on any atom is 0.499 e. The van der Waals surface area contributed by atoms with Gasteiger partial charge in [0.1, 0.15) is 17.4 Å². The number of benzene rings is 3. The Kier molecular flexibility index (Phi) is 8.12. The average molecular weight is 621 g/mol. The second-order valence-electron chi connectivity index (χ2n) is 9.08. The van der Waals surface area contributed by atoms with Crippen LogP contribution in [-0.4, -0.2) is 38.4 Å². The van der Waals surface area contributed by atoms with E-state index in [2.05, 4.69) is 25.5 Å². The van der Waals surface area contributed by atoms with Crippen molar-refractivity contribution in [1.29, 1.82) is 0 Å². The normalized spacial score (nSPS) is 13.8. The lowest BCUT2D eigenvalue weighted by molar-refractivity contribution is -0.360. The van der Waals surface area contributed by atoms with Crippen LogP contribution in [0.1, 0.15) is 32.9 Å². The highest BCUT2D eigenvalue weighted by atomic mass is 19.4. The zero-order chi connectivity index (χ0) is 31.8. The van der Waals surface area contributed by atoms with Gasteiger partial charge in [-0.2, -0.15) is 39.9 Å². The summed E-state index contributed by atoms with van der Waals surface area (Å²) in [7, 11) is 1.36. The van der Waals surface area contributed by atoms with Crippen LogP contribution in [0.4, 0.5) is 43.9 Å². The molecule has 0 radical (unpaired) electrons. The molecule has 1 aromatic heterocycles. The van der Waals surface area contributed by atoms with E-state index in [4.69, 9.17) is 0 Å². The molecule has 1 atom stereocenters. The summed E-state index contributed by atoms with van der Waals surface area (Å²) in [6.45, 7) is 0. The van der Waals surface area contributed by atoms with Crippen LogP contribution in [0.5, 0.6) is 5.75 Å². The highest BCUT2D eigenvalue weighted by molar-refractivity contribution is 5.95. The van der Waals surface area contributed by atoms with Crippen molar-refractivity contribution in [3.8, 4) is 5.75 Å². The first kappa shape index (κ1) is 31.2. The predicted octanol–water partition coefficient (Wildman–Crippen LogP) is 5.96. The second kappa shape index (κ2) is 11.2. The summed E-state index contributed by atoms with van der Waals surface area (Å²) in [6.07, 6.45) is -17.5. The Hall–Kier alpha value is -4.70. The molecule has 228 valence electrons. The summed E-state index contributed by atoms with van der Waals surface area (Å²) < 4.78 is 138. The van der Waals surface area contributed by atoms with Crippen LogP contribution in [0.25, 0.3) is 0 Å². The molecule has 0 unspecified atom stereocenters. The van der Waals surface area contributed by atoms with Crippen molar-refractivity contribution in [3.63, 3.8) is 0 Å². The number of nitrogens with zero attached hydrogens (tertiary/aromatic N) is 4. The van der Waals surface area contributed by atoms with E-state index < -0.39 is 64.8 Å². The fourth-order valence-corrected chi connectivity index (χ4v) is 4.11. The van der Waals surface area contributed by atoms with E-state index in [1.54, 1.807) is 0 Å². The molecule has 1 amide bonds. The van der Waals surface area contributed by atoms with Crippen molar-refractivity contribution in [1.82, 2.24) is 25.5 Å². The standard InChI is InChI=1S/C26H17F10N5O2/c1-41-39-21(38-40-41)13-23(15-6-8-17(27)9-7-15,16-3-2-4-18(12-16)43-26(35,36)25(32,33)34)37-22(42)14-5-10-20(28)19(11-14)24(29,30)31/h2-12H,13H2,1H3,(H,37,42)/t23-/m0/s1. The number of tetrazole rings is 1. The smallest absolute Gasteiger partial charge is 0.426 e. The fourth-order valence-electron chi connectivity index (χ4n) is 4.11. The maximum absolute atomic E-state index is 13.9. The van der Waals surface area contributed by atoms with E-state index in [1.165, 1.54) is 13.1 Å². The predicted molar refractivity (Wildman–Crippen MR) is 127 cm³/mol. The van der Waals surface area contributed by atoms with Gasteiger partial charge >= 0.3 is 18.5 Å². The number of halogens is 10. The molecule has 0 aliphatic rings. The highest BCUT2D eigenvalue weighted by Crippen LogP contribution is 2.40. The number of amides is 1. The molecule has 0 aliphatic heterocycles. The van der Waals surface area contributed by atoms with Gasteiger partial charge in [0, 0.05) is 12.0 Å². The lowest BCUT2D eigenvalue weighted by Gasteiger charge is -2.36. The number of aromatic nitrogens is 4. The molecule has 0 spiro atoms. The fraction of sp³-hybridized carbons (Fsp3) is 0.231. The number of alkyl halides is 8. The third-order valence-electron chi connectivity index (χ3n) is 6.07. The lowest BCUT2D eigenvalue weighted by atomic mass is 9.79. The van der Waals surface area contributed by atoms with Gasteiger partial charge in [-0.15, -0.1) is 10.2 Å². The van der Waals surface area contributed by atoms with Crippen molar-refractivity contribution in [2.45, 2.75) is 30.4 Å². The first-order chi connectivity index (χ1) is 19.9. The van der Waals surface area contributed by atoms with E-state index in [-0.39, 0.29) is 23.0 Å². The summed E-state index contributed by atoms with van der Waals surface area (Å²) in [5.74, 6) is -4.88. The lowest BCUT2D eigenvalue weighted by Crippen LogP contribution is -2.49. The number of hydrogen-bond acceptors (Lipinski definition) is 5. The van der Waals surface area contributed by atoms with Crippen molar-refractivity contribution < 1.29 is 53.4 Å². The molecule has 0 aliphatic carbocycles. The molecule has 43 heavy (non-hydrogen) atoms. The van der Waals surface area contributed by atoms with Gasteiger partial charge in [-0.25, -0.2) is 8.78 Å². The van der Waals surface area contributed by atoms with Gasteiger partial charge < -0.3 is 10.1 Å². The molecule has 0 saturated carbocycles. The van der Waals surface area contributed by atoms with Gasteiger partial charge in [0.25, 0.3) is 5.91 Å². The van der Waals surface area contributed by atoms with Crippen LogP contribution in [0, 0.1) is 11.6 Å². The van der Waals surface area contributed by atoms with E-state index in [0.29, 0.717) is 12.1 Å². The van der Waals surface area contributed by atoms with Crippen molar-refractivity contribution in [3.05, 3.63) is 106 Å². The second-order valence-corrected chi connectivity index (χ2v) is 9.08. The van der Waals surface area contributed by atoms with Crippen molar-refractivity contribution in [2.75, 3.05) is 0 Å². The van der Waals surface area contributed by atoms with Gasteiger partial charge in [-0.3, -0.25) is 4.79 Å². The molecule has 3 aromatic carbocycles. The van der Waals surface area contributed by atoms with Crippen LogP contribution in [0.2, 0.25) is 0 Å². The first-order valence-corrected chi connectivity index (χ1v) is 11.8. The minimum absolute atomic E-state index is 0.0346. The maximum atomic E-state index is 13.9. The third kappa shape index (κ3) is 6.70. The summed E-state index contributed by atoms with van der Waals surface area (Å²) in [4.78, 5) is 14.5. The summed E-state index contributed by atoms with van der Waals surface area (Å²) in [6, 6.07) is 9.11. The van der Waals surface area contributed by atoms with Gasteiger partial charge in [-0.05, 0) is 58.8 Å². The molecule has 0 saturated heterocycles. The number of carbonyl (C=O) groups is 1. The Bertz CT molecular complexity index is 1620. The third-order valence-corrected chi connectivity index (χ3v) is 6.07. The average Bonchev–Trinajstić information content (AvgIpc) is 3.31. The van der Waals surface area contributed by atoms with Gasteiger partial charge in [0.15, 0.2) is 5.82 Å². The Labute approximate surface area is 235 Å². The van der Waals surface area contributed by atoms with Crippen LogP contribution in [0.15, 0.2) is 66.7 Å². The first-order valence-electron chi connectivity index (χ1n) is 11.8. The number of ether oxygens (including phenoxy) is 1. The zero-order valence-corrected chi connectivity index (χ0v) is 21.4. The number of nitrogens with one attached hydrogen (secondary N) is 1. The SMILES string of the molecule is Cn1nnc(C[C@](NC(=O)c2ccc(F)c(C(F)(F)F)c2)(c2ccc(F)cc2)c2cccc(OC(F)(F)C(F)(F)F)c2)n1. The Balaban J connectivity index is 1.92. The Morgan fingerprint density at radius 3 is 2.14 bits per heavy atom. The molecule has 4 aromatic rings. The van der Waals surface area contributed by atoms with Gasteiger partial charge in [-0.1, -0.05) is 24.3 Å². The quantitative estimate of drug-likeness (QED) is 0.246. The summed E-state index contributed by atoms with van der Waals surface area (Å²) >= 11 is 0. The topological polar surface area (TPSA) is 81.9 Å². The number of hydrogen-bond donors (Lipinski definition) is 1. The van der Waals surface area contributed by atoms with Crippen LogP contribution in [0.3, 0.4) is 0 Å². The zero-order valence-electron chi connectivity index (χ0n) is 21.4. The molecule has 17 heteroatoms. The molecular weight excluding hydrogens is 604 g/mol. The Morgan fingerprint density at radius 2 is 1.56 bits per heavy atom. The molecule has 0 bridgehead atoms. The van der Waals surface area contributed by atoms with Crippen LogP contribution >= 0.6 is 0 Å². The molecule has 7 nitrogen and oxygen atoms in total. The minimum atomic E-state index is -6.10. The van der Waals surface area contributed by atoms with Crippen LogP contribution < -0.4 is 10.1 Å². The van der Waals surface area contributed by atoms with E-state index in [1.807, 2.05) is 0 Å². The van der Waals surface area contributed by atoms with Gasteiger partial charge in [0.05, 0.1) is 18.2 Å². The minimum Gasteiger partial charge on any atom is -0.426 e.